The highest BCUT2D eigenvalue weighted by Gasteiger charge is 2.19. The van der Waals surface area contributed by atoms with Gasteiger partial charge >= 0.3 is 0 Å². The van der Waals surface area contributed by atoms with E-state index in [4.69, 9.17) is 11.5 Å². The number of H-pyrrole nitrogens is 1. The number of nitrogens with one attached hydrogen (secondary N) is 1. The molecule has 0 aliphatic heterocycles. The minimum Gasteiger partial charge on any atom is -0.383 e. The lowest BCUT2D eigenvalue weighted by atomic mass is 10.1. The van der Waals surface area contributed by atoms with E-state index in [2.05, 4.69) is 20.2 Å². The van der Waals surface area contributed by atoms with Crippen LogP contribution in [-0.2, 0) is 13.6 Å². The summed E-state index contributed by atoms with van der Waals surface area (Å²) in [6, 6.07) is 1.88. The number of nitrogens with zero attached hydrogens (tertiary/aromatic N) is 4. The third-order valence-corrected chi connectivity index (χ3v) is 3.08. The summed E-state index contributed by atoms with van der Waals surface area (Å²) in [7, 11) is 1.91. The molecule has 0 amide bonds. The van der Waals surface area contributed by atoms with Crippen molar-refractivity contribution in [3.63, 3.8) is 0 Å². The summed E-state index contributed by atoms with van der Waals surface area (Å²) in [5, 5.41) is 7.70. The predicted molar refractivity (Wildman–Crippen MR) is 79.7 cm³/mol. The third kappa shape index (κ3) is 2.01. The SMILES string of the molecule is CC.Cn1c(CN)c(-c2ccn[nH]2)c2c(N)ncnc21. The number of aromatic nitrogens is 5. The molecule has 0 saturated heterocycles. The summed E-state index contributed by atoms with van der Waals surface area (Å²) >= 11 is 0. The molecule has 0 spiro atoms. The first-order chi connectivity index (χ1) is 9.74. The number of nitrogens with two attached hydrogens (primary N) is 2. The van der Waals surface area contributed by atoms with Crippen molar-refractivity contribution in [3.05, 3.63) is 24.3 Å². The van der Waals surface area contributed by atoms with E-state index < -0.39 is 0 Å². The average molecular weight is 273 g/mol. The van der Waals surface area contributed by atoms with Gasteiger partial charge < -0.3 is 16.0 Å². The number of nitrogen functional groups attached to an aromatic ring is 1. The van der Waals surface area contributed by atoms with Crippen molar-refractivity contribution in [3.8, 4) is 11.3 Å². The van der Waals surface area contributed by atoms with Crippen LogP contribution in [0.2, 0.25) is 0 Å². The van der Waals surface area contributed by atoms with Gasteiger partial charge in [-0.2, -0.15) is 5.10 Å². The summed E-state index contributed by atoms with van der Waals surface area (Å²) < 4.78 is 1.93. The molecule has 106 valence electrons. The van der Waals surface area contributed by atoms with Crippen molar-refractivity contribution in [1.82, 2.24) is 24.7 Å². The van der Waals surface area contributed by atoms with E-state index in [1.165, 1.54) is 6.33 Å². The van der Waals surface area contributed by atoms with E-state index >= 15 is 0 Å². The number of aryl methyl sites for hydroxylation is 1. The lowest BCUT2D eigenvalue weighted by Crippen LogP contribution is -2.05. The van der Waals surface area contributed by atoms with Crippen LogP contribution in [0.15, 0.2) is 18.6 Å². The minimum atomic E-state index is 0.390. The zero-order valence-corrected chi connectivity index (χ0v) is 11.9. The number of fused-ring (bicyclic) bond motifs is 1. The maximum absolute atomic E-state index is 5.96. The molecule has 7 nitrogen and oxygen atoms in total. The maximum Gasteiger partial charge on any atom is 0.146 e. The number of aromatic amines is 1. The third-order valence-electron chi connectivity index (χ3n) is 3.08. The van der Waals surface area contributed by atoms with Gasteiger partial charge in [0.15, 0.2) is 0 Å². The van der Waals surface area contributed by atoms with Crippen molar-refractivity contribution >= 4 is 16.9 Å². The molecule has 7 heteroatoms. The van der Waals surface area contributed by atoms with Gasteiger partial charge in [-0.15, -0.1) is 0 Å². The average Bonchev–Trinajstić information content (AvgIpc) is 3.08. The molecule has 0 radical (unpaired) electrons. The second-order valence-electron chi connectivity index (χ2n) is 4.01. The van der Waals surface area contributed by atoms with Gasteiger partial charge in [0.25, 0.3) is 0 Å². The van der Waals surface area contributed by atoms with Crippen LogP contribution in [0, 0.1) is 0 Å². The fourth-order valence-electron chi connectivity index (χ4n) is 2.25. The summed E-state index contributed by atoms with van der Waals surface area (Å²) in [4.78, 5) is 8.31. The van der Waals surface area contributed by atoms with Crippen LogP contribution in [0.5, 0.6) is 0 Å². The Balaban J connectivity index is 0.000000704. The topological polar surface area (TPSA) is 111 Å². The molecule has 3 rings (SSSR count). The van der Waals surface area contributed by atoms with Gasteiger partial charge in [-0.3, -0.25) is 5.10 Å². The Kier molecular flexibility index (Phi) is 3.99. The Morgan fingerprint density at radius 3 is 2.65 bits per heavy atom. The van der Waals surface area contributed by atoms with Gasteiger partial charge in [0.1, 0.15) is 17.8 Å². The fourth-order valence-corrected chi connectivity index (χ4v) is 2.25. The van der Waals surface area contributed by atoms with Gasteiger partial charge in [-0.25, -0.2) is 9.97 Å². The Hall–Kier alpha value is -2.41. The van der Waals surface area contributed by atoms with E-state index in [1.54, 1.807) is 6.20 Å². The Morgan fingerprint density at radius 2 is 2.05 bits per heavy atom. The molecule has 0 fully saturated rings. The highest BCUT2D eigenvalue weighted by molar-refractivity contribution is 6.01. The lowest BCUT2D eigenvalue weighted by Gasteiger charge is -2.02. The smallest absolute Gasteiger partial charge is 0.146 e. The molecular weight excluding hydrogens is 254 g/mol. The second kappa shape index (κ2) is 5.70. The van der Waals surface area contributed by atoms with Crippen LogP contribution in [0.1, 0.15) is 19.5 Å². The largest absolute Gasteiger partial charge is 0.383 e. The van der Waals surface area contributed by atoms with E-state index in [0.29, 0.717) is 12.4 Å². The van der Waals surface area contributed by atoms with Gasteiger partial charge in [0, 0.05) is 31.0 Å². The van der Waals surface area contributed by atoms with Crippen LogP contribution in [0.25, 0.3) is 22.3 Å². The first-order valence-electron chi connectivity index (χ1n) is 6.51. The Bertz CT molecular complexity index is 697. The van der Waals surface area contributed by atoms with E-state index in [-0.39, 0.29) is 0 Å². The van der Waals surface area contributed by atoms with Gasteiger partial charge in [-0.1, -0.05) is 13.8 Å². The predicted octanol–water partition coefficient (Wildman–Crippen LogP) is 1.43. The monoisotopic (exact) mass is 273 g/mol. The van der Waals surface area contributed by atoms with E-state index in [1.807, 2.05) is 31.5 Å². The van der Waals surface area contributed by atoms with Gasteiger partial charge in [0.05, 0.1) is 11.1 Å². The molecule has 0 aromatic carbocycles. The molecule has 0 aliphatic carbocycles. The molecule has 0 saturated carbocycles. The minimum absolute atomic E-state index is 0.390. The lowest BCUT2D eigenvalue weighted by molar-refractivity contribution is 0.839. The fraction of sp³-hybridized carbons (Fsp3) is 0.308. The molecule has 3 aromatic heterocycles. The highest BCUT2D eigenvalue weighted by atomic mass is 15.1. The summed E-state index contributed by atoms with van der Waals surface area (Å²) in [5.41, 5.74) is 15.3. The van der Waals surface area contributed by atoms with Crippen LogP contribution in [-0.4, -0.2) is 24.7 Å². The normalized spacial score (nSPS) is 10.4. The zero-order chi connectivity index (χ0) is 14.7. The molecule has 3 heterocycles. The molecule has 20 heavy (non-hydrogen) atoms. The van der Waals surface area contributed by atoms with Crippen molar-refractivity contribution < 1.29 is 0 Å². The van der Waals surface area contributed by atoms with E-state index in [0.717, 1.165) is 28.0 Å². The van der Waals surface area contributed by atoms with Crippen LogP contribution in [0.3, 0.4) is 0 Å². The molecule has 0 bridgehead atoms. The van der Waals surface area contributed by atoms with Gasteiger partial charge in [0.2, 0.25) is 0 Å². The molecule has 3 aromatic rings. The quantitative estimate of drug-likeness (QED) is 0.654. The maximum atomic E-state index is 5.96. The molecule has 0 aliphatic rings. The zero-order valence-electron chi connectivity index (χ0n) is 11.9. The summed E-state index contributed by atoms with van der Waals surface area (Å²) in [6.07, 6.45) is 3.14. The van der Waals surface area contributed by atoms with Crippen LogP contribution >= 0.6 is 0 Å². The van der Waals surface area contributed by atoms with Crippen LogP contribution < -0.4 is 11.5 Å². The number of hydrogen-bond acceptors (Lipinski definition) is 5. The Morgan fingerprint density at radius 1 is 1.30 bits per heavy atom. The molecular formula is C13H19N7. The number of rotatable bonds is 2. The number of hydrogen-bond donors (Lipinski definition) is 3. The van der Waals surface area contributed by atoms with Crippen molar-refractivity contribution in [2.45, 2.75) is 20.4 Å². The summed E-state index contributed by atoms with van der Waals surface area (Å²) in [6.45, 7) is 4.39. The Labute approximate surface area is 117 Å². The summed E-state index contributed by atoms with van der Waals surface area (Å²) in [5.74, 6) is 0.444. The van der Waals surface area contributed by atoms with Crippen molar-refractivity contribution in [2.24, 2.45) is 12.8 Å². The highest BCUT2D eigenvalue weighted by Crippen LogP contribution is 2.34. The standard InChI is InChI=1S/C11H13N7.C2H6/c1-18-7(4-12)8(6-2-3-16-17-6)9-10(13)14-5-15-11(9)18;1-2/h2-3,5H,4,12H2,1H3,(H,16,17)(H2,13,14,15);1-2H3. The first kappa shape index (κ1) is 14.0. The molecule has 0 unspecified atom stereocenters. The van der Waals surface area contributed by atoms with Crippen LogP contribution in [0.4, 0.5) is 5.82 Å². The van der Waals surface area contributed by atoms with E-state index in [9.17, 15) is 0 Å². The molecule has 5 N–H and O–H groups in total. The van der Waals surface area contributed by atoms with Gasteiger partial charge in [-0.05, 0) is 6.07 Å². The van der Waals surface area contributed by atoms with Crippen molar-refractivity contribution in [1.29, 1.82) is 0 Å². The first-order valence-corrected chi connectivity index (χ1v) is 6.51. The second-order valence-corrected chi connectivity index (χ2v) is 4.01. The molecule has 0 atom stereocenters. The van der Waals surface area contributed by atoms with Crippen molar-refractivity contribution in [2.75, 3.05) is 5.73 Å². The number of anilines is 1.